The number of unbranched alkanes of at least 4 members (excludes halogenated alkanes) is 1. The van der Waals surface area contributed by atoms with Crippen molar-refractivity contribution in [2.75, 3.05) is 25.5 Å². The number of nitrogen functional groups attached to an aromatic ring is 1. The summed E-state index contributed by atoms with van der Waals surface area (Å²) in [5.74, 6) is -0.454. The van der Waals surface area contributed by atoms with Crippen molar-refractivity contribution in [2.24, 2.45) is 0 Å². The minimum atomic E-state index is -4.29. The molecular formula is C26H33N4O9P. The number of aliphatic hydroxyl groups is 2. The largest absolute Gasteiger partial charge is 0.465 e. The van der Waals surface area contributed by atoms with Crippen molar-refractivity contribution in [3.8, 4) is 5.75 Å². The Bertz CT molecular complexity index is 1440. The first-order chi connectivity index (χ1) is 19.0. The first kappa shape index (κ1) is 29.7. The van der Waals surface area contributed by atoms with Crippen molar-refractivity contribution in [2.45, 2.75) is 50.7 Å². The van der Waals surface area contributed by atoms with Crippen LogP contribution in [0.1, 0.15) is 32.9 Å². The molecule has 0 spiro atoms. The van der Waals surface area contributed by atoms with Gasteiger partial charge < -0.3 is 29.9 Å². The number of carbonyl (C=O) groups excluding carboxylic acids is 1. The number of nitrogens with two attached hydrogens (primary N) is 1. The molecule has 5 N–H and O–H groups in total. The van der Waals surface area contributed by atoms with E-state index in [0.717, 1.165) is 16.4 Å². The SMILES string of the molecule is CCCCOC(=O)CNP(=O)(OC[C@H]1OC(n2ccc(N)nc2=O)[C@](C)(O)[C@@H]1O)Oc1cccc2ccccc12. The Labute approximate surface area is 230 Å². The number of ether oxygens (including phenoxy) is 2. The molecule has 14 heteroatoms. The van der Waals surface area contributed by atoms with E-state index >= 15 is 0 Å². The van der Waals surface area contributed by atoms with Crippen LogP contribution in [-0.2, 0) is 23.4 Å². The Kier molecular flexibility index (Phi) is 9.24. The maximum absolute atomic E-state index is 13.9. The number of carbonyl (C=O) groups is 1. The second-order valence-electron chi connectivity index (χ2n) is 9.51. The van der Waals surface area contributed by atoms with Crippen LogP contribution in [0.2, 0.25) is 0 Å². The van der Waals surface area contributed by atoms with Crippen molar-refractivity contribution >= 4 is 30.3 Å². The van der Waals surface area contributed by atoms with Gasteiger partial charge in [-0.2, -0.15) is 4.98 Å². The first-order valence-corrected chi connectivity index (χ1v) is 14.3. The molecule has 0 saturated carbocycles. The summed E-state index contributed by atoms with van der Waals surface area (Å²) in [4.78, 5) is 28.2. The number of fused-ring (bicyclic) bond motifs is 1. The summed E-state index contributed by atoms with van der Waals surface area (Å²) >= 11 is 0. The molecule has 1 aromatic heterocycles. The molecule has 0 amide bonds. The Hall–Kier alpha value is -3.32. The molecular weight excluding hydrogens is 543 g/mol. The molecule has 0 bridgehead atoms. The van der Waals surface area contributed by atoms with Crippen LogP contribution < -0.4 is 21.0 Å². The third-order valence-corrected chi connectivity index (χ3v) is 7.89. The van der Waals surface area contributed by atoms with E-state index in [2.05, 4.69) is 10.1 Å². The third kappa shape index (κ3) is 6.69. The molecule has 1 fully saturated rings. The Morgan fingerprint density at radius 1 is 1.25 bits per heavy atom. The highest BCUT2D eigenvalue weighted by Crippen LogP contribution is 2.47. The lowest BCUT2D eigenvalue weighted by molar-refractivity contribution is -0.142. The molecule has 2 unspecified atom stereocenters. The Morgan fingerprint density at radius 2 is 2.00 bits per heavy atom. The van der Waals surface area contributed by atoms with Gasteiger partial charge >= 0.3 is 19.4 Å². The van der Waals surface area contributed by atoms with Gasteiger partial charge in [-0.25, -0.2) is 14.4 Å². The van der Waals surface area contributed by atoms with Crippen molar-refractivity contribution in [3.05, 3.63) is 65.2 Å². The van der Waals surface area contributed by atoms with E-state index in [1.807, 2.05) is 25.1 Å². The van der Waals surface area contributed by atoms with Gasteiger partial charge in [-0.1, -0.05) is 49.7 Å². The van der Waals surface area contributed by atoms with E-state index in [1.54, 1.807) is 24.3 Å². The third-order valence-electron chi connectivity index (χ3n) is 6.41. The van der Waals surface area contributed by atoms with Crippen LogP contribution >= 0.6 is 7.75 Å². The van der Waals surface area contributed by atoms with Crippen LogP contribution in [0, 0.1) is 0 Å². The van der Waals surface area contributed by atoms with E-state index in [0.29, 0.717) is 11.8 Å². The maximum atomic E-state index is 13.9. The quantitative estimate of drug-likeness (QED) is 0.140. The molecule has 2 aromatic carbocycles. The summed E-state index contributed by atoms with van der Waals surface area (Å²) in [6.07, 6.45) is -1.37. The first-order valence-electron chi connectivity index (χ1n) is 12.8. The molecule has 1 aliphatic heterocycles. The van der Waals surface area contributed by atoms with Gasteiger partial charge in [0.1, 0.15) is 35.9 Å². The molecule has 4 rings (SSSR count). The number of nitrogens with zero attached hydrogens (tertiary/aromatic N) is 2. The molecule has 13 nitrogen and oxygen atoms in total. The minimum Gasteiger partial charge on any atom is -0.465 e. The molecule has 40 heavy (non-hydrogen) atoms. The number of esters is 1. The van der Waals surface area contributed by atoms with Gasteiger partial charge in [-0.3, -0.25) is 13.9 Å². The monoisotopic (exact) mass is 576 g/mol. The number of anilines is 1. The number of aliphatic hydroxyl groups excluding tert-OH is 1. The summed E-state index contributed by atoms with van der Waals surface area (Å²) in [5, 5.41) is 25.8. The smallest absolute Gasteiger partial charge is 0.459 e. The zero-order valence-corrected chi connectivity index (χ0v) is 23.0. The summed E-state index contributed by atoms with van der Waals surface area (Å²) in [6.45, 7) is 2.43. The predicted octanol–water partition coefficient (Wildman–Crippen LogP) is 2.12. The van der Waals surface area contributed by atoms with Gasteiger partial charge in [-0.15, -0.1) is 0 Å². The number of rotatable bonds is 12. The summed E-state index contributed by atoms with van der Waals surface area (Å²) in [6, 6.07) is 13.8. The normalized spacial score (nSPS) is 24.1. The van der Waals surface area contributed by atoms with E-state index in [-0.39, 0.29) is 18.2 Å². The van der Waals surface area contributed by atoms with Gasteiger partial charge in [-0.05, 0) is 30.9 Å². The van der Waals surface area contributed by atoms with Crippen LogP contribution in [0.25, 0.3) is 10.8 Å². The average molecular weight is 577 g/mol. The zero-order valence-electron chi connectivity index (χ0n) is 22.1. The zero-order chi connectivity index (χ0) is 28.9. The van der Waals surface area contributed by atoms with Crippen molar-refractivity contribution in [3.63, 3.8) is 0 Å². The van der Waals surface area contributed by atoms with Gasteiger partial charge in [0.05, 0.1) is 13.2 Å². The molecule has 0 radical (unpaired) electrons. The van der Waals surface area contributed by atoms with Gasteiger partial charge in [0.15, 0.2) is 6.23 Å². The number of hydrogen-bond acceptors (Lipinski definition) is 11. The number of aromatic nitrogens is 2. The molecule has 5 atom stereocenters. The standard InChI is InChI=1S/C26H33N4O9P/c1-3-4-14-36-22(31)15-28-40(35,39-19-11-7-9-17-8-5-6-10-18(17)19)37-16-20-23(32)26(2,34)24(38-20)30-13-12-21(27)29-25(30)33/h5-13,20,23-24,32,34H,3-4,14-16H2,1-2H3,(H,28,35)(H2,27,29,33)/t20-,23-,24?,26-,40?/m1/s1. The van der Waals surface area contributed by atoms with E-state index < -0.39 is 56.6 Å². The highest BCUT2D eigenvalue weighted by molar-refractivity contribution is 7.52. The van der Waals surface area contributed by atoms with E-state index in [9.17, 15) is 24.4 Å². The second-order valence-corrected chi connectivity index (χ2v) is 11.3. The summed E-state index contributed by atoms with van der Waals surface area (Å²) in [5.41, 5.74) is 2.79. The Morgan fingerprint density at radius 3 is 2.75 bits per heavy atom. The van der Waals surface area contributed by atoms with Crippen LogP contribution in [0.3, 0.4) is 0 Å². The van der Waals surface area contributed by atoms with Crippen molar-refractivity contribution in [1.29, 1.82) is 0 Å². The average Bonchev–Trinajstić information content (AvgIpc) is 3.15. The molecule has 0 aliphatic carbocycles. The maximum Gasteiger partial charge on any atom is 0.459 e. The number of benzene rings is 2. The minimum absolute atomic E-state index is 0.0230. The fraction of sp³-hybridized carbons (Fsp3) is 0.423. The molecule has 2 heterocycles. The Balaban J connectivity index is 1.54. The van der Waals surface area contributed by atoms with Crippen molar-refractivity contribution < 1.29 is 38.1 Å². The predicted molar refractivity (Wildman–Crippen MR) is 145 cm³/mol. The van der Waals surface area contributed by atoms with E-state index in [4.69, 9.17) is 24.3 Å². The van der Waals surface area contributed by atoms with Crippen LogP contribution in [0.5, 0.6) is 5.75 Å². The lowest BCUT2D eigenvalue weighted by Crippen LogP contribution is -2.46. The van der Waals surface area contributed by atoms with Gasteiger partial charge in [0.25, 0.3) is 0 Å². The fourth-order valence-corrected chi connectivity index (χ4v) is 5.50. The molecule has 1 aliphatic rings. The van der Waals surface area contributed by atoms with Crippen LogP contribution in [0.15, 0.2) is 59.5 Å². The summed E-state index contributed by atoms with van der Waals surface area (Å²) in [7, 11) is -4.29. The second kappa shape index (κ2) is 12.5. The number of hydrogen-bond donors (Lipinski definition) is 4. The molecule has 216 valence electrons. The van der Waals surface area contributed by atoms with Crippen LogP contribution in [-0.4, -0.2) is 63.3 Å². The number of nitrogens with one attached hydrogen (secondary N) is 1. The van der Waals surface area contributed by atoms with Gasteiger partial charge in [0, 0.05) is 11.6 Å². The fourth-order valence-electron chi connectivity index (χ4n) is 4.21. The molecule has 1 saturated heterocycles. The highest BCUT2D eigenvalue weighted by atomic mass is 31.2. The highest BCUT2D eigenvalue weighted by Gasteiger charge is 2.54. The van der Waals surface area contributed by atoms with Crippen molar-refractivity contribution in [1.82, 2.24) is 14.6 Å². The van der Waals surface area contributed by atoms with E-state index in [1.165, 1.54) is 19.2 Å². The lowest BCUT2D eigenvalue weighted by Gasteiger charge is -2.27. The summed E-state index contributed by atoms with van der Waals surface area (Å²) < 4.78 is 37.2. The van der Waals surface area contributed by atoms with Gasteiger partial charge in [0.2, 0.25) is 0 Å². The topological polar surface area (TPSA) is 184 Å². The lowest BCUT2D eigenvalue weighted by atomic mass is 9.96. The molecule has 3 aromatic rings. The van der Waals surface area contributed by atoms with Crippen LogP contribution in [0.4, 0.5) is 5.82 Å².